The maximum Gasteiger partial charge on any atom is 0.141 e. The van der Waals surface area contributed by atoms with Gasteiger partial charge in [-0.3, -0.25) is 0 Å². The number of aromatic nitrogens is 4. The van der Waals surface area contributed by atoms with Crippen LogP contribution in [-0.4, -0.2) is 39.1 Å². The van der Waals surface area contributed by atoms with E-state index in [2.05, 4.69) is 37.7 Å². The molecule has 0 spiro atoms. The van der Waals surface area contributed by atoms with E-state index in [1.165, 1.54) is 30.5 Å². The van der Waals surface area contributed by atoms with Gasteiger partial charge in [-0.2, -0.15) is 0 Å². The first-order valence-electron chi connectivity index (χ1n) is 10.6. The molecule has 3 aromatic rings. The lowest BCUT2D eigenvalue weighted by atomic mass is 9.95. The second kappa shape index (κ2) is 6.59. The van der Waals surface area contributed by atoms with E-state index in [-0.39, 0.29) is 0 Å². The van der Waals surface area contributed by atoms with E-state index in [0.29, 0.717) is 11.2 Å². The first-order valence-corrected chi connectivity index (χ1v) is 11.0. The maximum atomic E-state index is 6.35. The quantitative estimate of drug-likeness (QED) is 0.644. The molecule has 3 aromatic heterocycles. The number of hydrogen-bond acceptors (Lipinski definition) is 5. The van der Waals surface area contributed by atoms with E-state index < -0.39 is 0 Å². The lowest BCUT2D eigenvalue weighted by Gasteiger charge is -2.40. The maximum absolute atomic E-state index is 6.35. The van der Waals surface area contributed by atoms with E-state index in [1.807, 2.05) is 12.3 Å². The van der Waals surface area contributed by atoms with Crippen molar-refractivity contribution in [2.75, 3.05) is 22.9 Å². The minimum absolute atomic E-state index is 0.333. The van der Waals surface area contributed by atoms with Crippen molar-refractivity contribution in [1.82, 2.24) is 19.9 Å². The van der Waals surface area contributed by atoms with E-state index >= 15 is 0 Å². The van der Waals surface area contributed by atoms with E-state index in [9.17, 15) is 0 Å². The number of fused-ring (bicyclic) bond motifs is 4. The largest absolute Gasteiger partial charge is 0.363 e. The average molecular weight is 409 g/mol. The minimum Gasteiger partial charge on any atom is -0.363 e. The Morgan fingerprint density at radius 3 is 2.83 bits per heavy atom. The highest BCUT2D eigenvalue weighted by Crippen LogP contribution is 2.41. The Morgan fingerprint density at radius 1 is 1.17 bits per heavy atom. The molecule has 0 amide bonds. The zero-order valence-corrected chi connectivity index (χ0v) is 17.4. The van der Waals surface area contributed by atoms with Crippen LogP contribution in [0, 0.1) is 11.8 Å². The summed E-state index contributed by atoms with van der Waals surface area (Å²) in [5, 5.41) is 1.63. The zero-order chi connectivity index (χ0) is 19.5. The van der Waals surface area contributed by atoms with Crippen molar-refractivity contribution in [3.8, 4) is 0 Å². The number of hydrogen-bond donors (Lipinski definition) is 1. The van der Waals surface area contributed by atoms with Crippen molar-refractivity contribution < 1.29 is 0 Å². The van der Waals surface area contributed by atoms with Crippen molar-refractivity contribution in [1.29, 1.82) is 0 Å². The fraction of sp³-hybridized carbons (Fsp3) is 0.500. The SMILES string of the molecule is CC1Cc2ncnc(N3CC4CC[C@H](C4)C3)c2CN1c1cc(Cl)nc2[nH]ccc12. The van der Waals surface area contributed by atoms with Gasteiger partial charge in [0.05, 0.1) is 11.4 Å². The van der Waals surface area contributed by atoms with Crippen LogP contribution in [0.5, 0.6) is 0 Å². The summed E-state index contributed by atoms with van der Waals surface area (Å²) in [6.07, 6.45) is 8.75. The molecule has 3 atom stereocenters. The molecular formula is C22H25ClN6. The number of aromatic amines is 1. The zero-order valence-electron chi connectivity index (χ0n) is 16.6. The van der Waals surface area contributed by atoms with Crippen molar-refractivity contribution in [3.05, 3.63) is 41.1 Å². The third-order valence-electron chi connectivity index (χ3n) is 7.05. The van der Waals surface area contributed by atoms with Crippen LogP contribution in [0.1, 0.15) is 37.4 Å². The molecule has 2 bridgehead atoms. The lowest BCUT2D eigenvalue weighted by Crippen LogP contribution is -2.42. The molecule has 1 aliphatic carbocycles. The first kappa shape index (κ1) is 17.5. The summed E-state index contributed by atoms with van der Waals surface area (Å²) < 4.78 is 0. The monoisotopic (exact) mass is 408 g/mol. The number of H-pyrrole nitrogens is 1. The minimum atomic E-state index is 0.333. The molecule has 150 valence electrons. The van der Waals surface area contributed by atoms with Gasteiger partial charge in [0, 0.05) is 49.2 Å². The number of anilines is 2. The summed E-state index contributed by atoms with van der Waals surface area (Å²) in [6.45, 7) is 5.34. The van der Waals surface area contributed by atoms with E-state index in [0.717, 1.165) is 60.4 Å². The van der Waals surface area contributed by atoms with Crippen LogP contribution in [0.3, 0.4) is 0 Å². The Balaban J connectivity index is 1.41. The summed E-state index contributed by atoms with van der Waals surface area (Å²) in [7, 11) is 0. The van der Waals surface area contributed by atoms with E-state index in [4.69, 9.17) is 16.6 Å². The highest BCUT2D eigenvalue weighted by molar-refractivity contribution is 6.30. The molecule has 1 saturated heterocycles. The summed E-state index contributed by atoms with van der Waals surface area (Å²) in [6, 6.07) is 4.41. The number of piperidine rings is 1. The van der Waals surface area contributed by atoms with Gasteiger partial charge in [-0.15, -0.1) is 0 Å². The predicted octanol–water partition coefficient (Wildman–Crippen LogP) is 4.19. The summed E-state index contributed by atoms with van der Waals surface area (Å²) in [5.74, 6) is 2.81. The molecule has 29 heavy (non-hydrogen) atoms. The second-order valence-electron chi connectivity index (χ2n) is 8.96. The van der Waals surface area contributed by atoms with Gasteiger partial charge in [-0.1, -0.05) is 11.6 Å². The Morgan fingerprint density at radius 2 is 2.00 bits per heavy atom. The molecule has 5 heterocycles. The number of halogens is 1. The molecule has 1 saturated carbocycles. The number of nitrogens with zero attached hydrogens (tertiary/aromatic N) is 5. The van der Waals surface area contributed by atoms with Crippen LogP contribution in [0.4, 0.5) is 11.5 Å². The highest BCUT2D eigenvalue weighted by atomic mass is 35.5. The van der Waals surface area contributed by atoms with Gasteiger partial charge in [0.2, 0.25) is 0 Å². The molecule has 1 N–H and O–H groups in total. The van der Waals surface area contributed by atoms with Crippen molar-refractivity contribution in [2.45, 2.75) is 45.2 Å². The molecule has 0 radical (unpaired) electrons. The van der Waals surface area contributed by atoms with E-state index in [1.54, 1.807) is 6.33 Å². The average Bonchev–Trinajstić information content (AvgIpc) is 3.32. The van der Waals surface area contributed by atoms with Crippen LogP contribution in [-0.2, 0) is 13.0 Å². The Bertz CT molecular complexity index is 1070. The molecule has 2 unspecified atom stereocenters. The molecule has 6 rings (SSSR count). The van der Waals surface area contributed by atoms with Crippen LogP contribution in [0.2, 0.25) is 5.15 Å². The summed E-state index contributed by atoms with van der Waals surface area (Å²) in [4.78, 5) is 22.0. The summed E-state index contributed by atoms with van der Waals surface area (Å²) >= 11 is 6.35. The fourth-order valence-corrected chi connectivity index (χ4v) is 5.88. The number of nitrogens with one attached hydrogen (secondary N) is 1. The third kappa shape index (κ3) is 2.88. The molecule has 2 fully saturated rings. The van der Waals surface area contributed by atoms with Gasteiger partial charge in [0.1, 0.15) is 22.9 Å². The third-order valence-corrected chi connectivity index (χ3v) is 7.25. The van der Waals surface area contributed by atoms with Gasteiger partial charge < -0.3 is 14.8 Å². The fourth-order valence-electron chi connectivity index (χ4n) is 5.70. The Labute approximate surface area is 175 Å². The standard InChI is InChI=1S/C22H25ClN6/c1-13-6-18-17(11-29(13)19-8-20(23)27-21-16(19)4-5-24-21)22(26-12-25-18)28-9-14-2-3-15(7-14)10-28/h4-5,8,12-15H,2-3,6-7,9-11H2,1H3,(H,24,27)/t13?,14-,15?/m1/s1. The molecular weight excluding hydrogens is 384 g/mol. The number of rotatable bonds is 2. The lowest BCUT2D eigenvalue weighted by molar-refractivity contribution is 0.417. The Kier molecular flexibility index (Phi) is 3.98. The molecule has 0 aromatic carbocycles. The number of pyridine rings is 1. The second-order valence-corrected chi connectivity index (χ2v) is 9.34. The summed E-state index contributed by atoms with van der Waals surface area (Å²) in [5.41, 5.74) is 4.45. The predicted molar refractivity (Wildman–Crippen MR) is 116 cm³/mol. The Hall–Kier alpha value is -2.34. The van der Waals surface area contributed by atoms with Crippen LogP contribution in [0.25, 0.3) is 11.0 Å². The van der Waals surface area contributed by atoms with Crippen molar-refractivity contribution >= 4 is 34.1 Å². The van der Waals surface area contributed by atoms with Crippen LogP contribution in [0.15, 0.2) is 24.7 Å². The van der Waals surface area contributed by atoms with Gasteiger partial charge in [0.15, 0.2) is 0 Å². The molecule has 7 heteroatoms. The van der Waals surface area contributed by atoms with Crippen molar-refractivity contribution in [2.24, 2.45) is 11.8 Å². The molecule has 6 nitrogen and oxygen atoms in total. The van der Waals surface area contributed by atoms with Gasteiger partial charge >= 0.3 is 0 Å². The highest BCUT2D eigenvalue weighted by Gasteiger charge is 2.36. The smallest absolute Gasteiger partial charge is 0.141 e. The van der Waals surface area contributed by atoms with Crippen LogP contribution < -0.4 is 9.80 Å². The van der Waals surface area contributed by atoms with Gasteiger partial charge in [-0.05, 0) is 50.2 Å². The topological polar surface area (TPSA) is 60.9 Å². The van der Waals surface area contributed by atoms with Crippen LogP contribution >= 0.6 is 11.6 Å². The van der Waals surface area contributed by atoms with Gasteiger partial charge in [-0.25, -0.2) is 15.0 Å². The molecule has 3 aliphatic rings. The molecule has 2 aliphatic heterocycles. The van der Waals surface area contributed by atoms with Crippen molar-refractivity contribution in [3.63, 3.8) is 0 Å². The van der Waals surface area contributed by atoms with Gasteiger partial charge in [0.25, 0.3) is 0 Å². The normalized spacial score (nSPS) is 26.2. The first-order chi connectivity index (χ1) is 14.2.